The van der Waals surface area contributed by atoms with E-state index in [-0.39, 0.29) is 22.6 Å². The molecule has 0 saturated carbocycles. The molecule has 1 aliphatic rings. The lowest BCUT2D eigenvalue weighted by molar-refractivity contribution is -0.134. The summed E-state index contributed by atoms with van der Waals surface area (Å²) in [5, 5.41) is -0.00229. The number of likely N-dealkylation sites (tertiary alicyclic amines) is 1. The molecule has 0 radical (unpaired) electrons. The van der Waals surface area contributed by atoms with Gasteiger partial charge in [-0.3, -0.25) is 4.79 Å². The number of thioether (sulfide) groups is 1. The molecule has 0 aliphatic carbocycles. The van der Waals surface area contributed by atoms with Gasteiger partial charge in [-0.15, -0.1) is 11.8 Å². The number of carbonyl (C=O) groups excluding carboxylic acids is 1. The second-order valence-corrected chi connectivity index (χ2v) is 7.75. The summed E-state index contributed by atoms with van der Waals surface area (Å²) in [5.41, 5.74) is 6.17. The monoisotopic (exact) mass is 306 g/mol. The number of benzene rings is 1. The van der Waals surface area contributed by atoms with Crippen molar-refractivity contribution in [3.05, 3.63) is 30.3 Å². The van der Waals surface area contributed by atoms with Gasteiger partial charge in [0.05, 0.1) is 5.25 Å². The molecule has 3 nitrogen and oxygen atoms in total. The Bertz CT molecular complexity index is 475. The quantitative estimate of drug-likeness (QED) is 0.869. The Labute approximate surface area is 132 Å². The lowest BCUT2D eigenvalue weighted by atomic mass is 9.79. The van der Waals surface area contributed by atoms with Crippen LogP contribution >= 0.6 is 11.8 Å². The second-order valence-electron chi connectivity index (χ2n) is 6.47. The maximum atomic E-state index is 12.8. The van der Waals surface area contributed by atoms with Crippen molar-refractivity contribution >= 4 is 17.7 Å². The van der Waals surface area contributed by atoms with Gasteiger partial charge >= 0.3 is 0 Å². The van der Waals surface area contributed by atoms with Gasteiger partial charge in [0.2, 0.25) is 5.91 Å². The number of hydrogen-bond donors (Lipinski definition) is 1. The van der Waals surface area contributed by atoms with E-state index in [1.807, 2.05) is 23.1 Å². The molecule has 0 bridgehead atoms. The molecule has 2 atom stereocenters. The number of hydrogen-bond acceptors (Lipinski definition) is 3. The summed E-state index contributed by atoms with van der Waals surface area (Å²) in [7, 11) is 0. The standard InChI is InChI=1S/C17H26N2OS/c1-4-14(21-13-8-6-5-7-9-13)16(20)19-11-10-15(18)17(2,3)12-19/h5-9,14-15H,4,10-12,18H2,1-3H3. The minimum atomic E-state index is -0.00229. The van der Waals surface area contributed by atoms with E-state index >= 15 is 0 Å². The van der Waals surface area contributed by atoms with Gasteiger partial charge in [-0.1, -0.05) is 39.0 Å². The van der Waals surface area contributed by atoms with Crippen molar-refractivity contribution < 1.29 is 4.79 Å². The number of nitrogens with zero attached hydrogens (tertiary/aromatic N) is 1. The molecule has 21 heavy (non-hydrogen) atoms. The zero-order valence-corrected chi connectivity index (χ0v) is 14.0. The molecule has 1 fully saturated rings. The molecule has 2 unspecified atom stereocenters. The van der Waals surface area contributed by atoms with Crippen molar-refractivity contribution in [3.63, 3.8) is 0 Å². The minimum Gasteiger partial charge on any atom is -0.341 e. The van der Waals surface area contributed by atoms with Gasteiger partial charge in [0.1, 0.15) is 0 Å². The number of carbonyl (C=O) groups is 1. The van der Waals surface area contributed by atoms with Crippen molar-refractivity contribution in [2.75, 3.05) is 13.1 Å². The van der Waals surface area contributed by atoms with Crippen LogP contribution in [-0.4, -0.2) is 35.2 Å². The third-order valence-electron chi connectivity index (χ3n) is 4.29. The van der Waals surface area contributed by atoms with Crippen LogP contribution in [0.1, 0.15) is 33.6 Å². The predicted molar refractivity (Wildman–Crippen MR) is 89.3 cm³/mol. The fourth-order valence-electron chi connectivity index (χ4n) is 2.74. The van der Waals surface area contributed by atoms with E-state index in [1.54, 1.807) is 11.8 Å². The normalized spacial score (nSPS) is 22.9. The molecular weight excluding hydrogens is 280 g/mol. The van der Waals surface area contributed by atoms with Crippen molar-refractivity contribution in [1.29, 1.82) is 0 Å². The maximum Gasteiger partial charge on any atom is 0.236 e. The molecule has 1 amide bonds. The van der Waals surface area contributed by atoms with Gasteiger partial charge in [-0.05, 0) is 30.4 Å². The number of nitrogens with two attached hydrogens (primary N) is 1. The van der Waals surface area contributed by atoms with Crippen LogP contribution in [0.3, 0.4) is 0 Å². The van der Waals surface area contributed by atoms with E-state index in [0.29, 0.717) is 0 Å². The highest BCUT2D eigenvalue weighted by molar-refractivity contribution is 8.00. The molecule has 0 aromatic heterocycles. The SMILES string of the molecule is CCC(Sc1ccccc1)C(=O)N1CCC(N)C(C)(C)C1. The van der Waals surface area contributed by atoms with Crippen LogP contribution in [0.4, 0.5) is 0 Å². The van der Waals surface area contributed by atoms with E-state index in [1.165, 1.54) is 0 Å². The first-order valence-electron chi connectivity index (χ1n) is 7.70. The average Bonchev–Trinajstić information content (AvgIpc) is 2.48. The second kappa shape index (κ2) is 6.84. The first kappa shape index (κ1) is 16.4. The molecule has 1 aliphatic heterocycles. The molecule has 0 spiro atoms. The topological polar surface area (TPSA) is 46.3 Å². The molecule has 116 valence electrons. The predicted octanol–water partition coefficient (Wildman–Crippen LogP) is 3.14. The first-order chi connectivity index (χ1) is 9.94. The van der Waals surface area contributed by atoms with Crippen LogP contribution in [0.2, 0.25) is 0 Å². The van der Waals surface area contributed by atoms with Crippen molar-refractivity contribution in [2.45, 2.75) is 49.8 Å². The van der Waals surface area contributed by atoms with E-state index in [0.717, 1.165) is 30.8 Å². The lowest BCUT2D eigenvalue weighted by Crippen LogP contribution is -2.55. The minimum absolute atomic E-state index is 0.00229. The smallest absolute Gasteiger partial charge is 0.236 e. The zero-order chi connectivity index (χ0) is 15.5. The Hall–Kier alpha value is -1.00. The summed E-state index contributed by atoms with van der Waals surface area (Å²) in [6, 6.07) is 10.4. The van der Waals surface area contributed by atoms with Crippen LogP contribution in [0, 0.1) is 5.41 Å². The van der Waals surface area contributed by atoms with Crippen LogP contribution in [0.25, 0.3) is 0 Å². The van der Waals surface area contributed by atoms with E-state index < -0.39 is 0 Å². The Morgan fingerprint density at radius 2 is 2.10 bits per heavy atom. The zero-order valence-electron chi connectivity index (χ0n) is 13.2. The summed E-state index contributed by atoms with van der Waals surface area (Å²) < 4.78 is 0. The van der Waals surface area contributed by atoms with Gasteiger partial charge in [-0.25, -0.2) is 0 Å². The largest absolute Gasteiger partial charge is 0.341 e. The fraction of sp³-hybridized carbons (Fsp3) is 0.588. The average molecular weight is 306 g/mol. The maximum absolute atomic E-state index is 12.8. The Morgan fingerprint density at radius 3 is 2.67 bits per heavy atom. The van der Waals surface area contributed by atoms with Gasteiger partial charge in [0.15, 0.2) is 0 Å². The summed E-state index contributed by atoms with van der Waals surface area (Å²) in [5.74, 6) is 0.256. The number of rotatable bonds is 4. The molecule has 1 saturated heterocycles. The Kier molecular flexibility index (Phi) is 5.33. The molecule has 2 rings (SSSR count). The molecule has 4 heteroatoms. The highest BCUT2D eigenvalue weighted by atomic mass is 32.2. The van der Waals surface area contributed by atoms with Gasteiger partial charge in [0, 0.05) is 24.0 Å². The first-order valence-corrected chi connectivity index (χ1v) is 8.58. The van der Waals surface area contributed by atoms with Crippen LogP contribution < -0.4 is 5.73 Å². The molecule has 1 aromatic carbocycles. The van der Waals surface area contributed by atoms with E-state index in [9.17, 15) is 4.79 Å². The molecule has 1 aromatic rings. The summed E-state index contributed by atoms with van der Waals surface area (Å²) in [6.45, 7) is 7.94. The van der Waals surface area contributed by atoms with Gasteiger partial charge < -0.3 is 10.6 Å². The molecular formula is C17H26N2OS. The summed E-state index contributed by atoms with van der Waals surface area (Å²) in [6.07, 6.45) is 1.74. The van der Waals surface area contributed by atoms with Gasteiger partial charge in [0.25, 0.3) is 0 Å². The number of piperidine rings is 1. The summed E-state index contributed by atoms with van der Waals surface area (Å²) >= 11 is 1.67. The van der Waals surface area contributed by atoms with E-state index in [4.69, 9.17) is 5.73 Å². The van der Waals surface area contributed by atoms with Gasteiger partial charge in [-0.2, -0.15) is 0 Å². The van der Waals surface area contributed by atoms with Crippen LogP contribution in [0.15, 0.2) is 35.2 Å². The van der Waals surface area contributed by atoms with E-state index in [2.05, 4.69) is 32.9 Å². The highest BCUT2D eigenvalue weighted by Crippen LogP contribution is 2.31. The van der Waals surface area contributed by atoms with Crippen LogP contribution in [-0.2, 0) is 4.79 Å². The lowest BCUT2D eigenvalue weighted by Gasteiger charge is -2.43. The fourth-order valence-corrected chi connectivity index (χ4v) is 3.80. The molecule has 1 heterocycles. The third kappa shape index (κ3) is 4.01. The third-order valence-corrected chi connectivity index (χ3v) is 5.66. The molecule has 2 N–H and O–H groups in total. The Balaban J connectivity index is 2.03. The summed E-state index contributed by atoms with van der Waals surface area (Å²) in [4.78, 5) is 16.0. The van der Waals surface area contributed by atoms with Crippen molar-refractivity contribution in [3.8, 4) is 0 Å². The van der Waals surface area contributed by atoms with Crippen molar-refractivity contribution in [1.82, 2.24) is 4.90 Å². The van der Waals surface area contributed by atoms with Crippen LogP contribution in [0.5, 0.6) is 0 Å². The Morgan fingerprint density at radius 1 is 1.43 bits per heavy atom. The highest BCUT2D eigenvalue weighted by Gasteiger charge is 2.37. The van der Waals surface area contributed by atoms with Crippen molar-refractivity contribution in [2.24, 2.45) is 11.1 Å². The number of amides is 1.